The quantitative estimate of drug-likeness (QED) is 0.616. The summed E-state index contributed by atoms with van der Waals surface area (Å²) < 4.78 is 41.1. The van der Waals surface area contributed by atoms with Gasteiger partial charge in [0.25, 0.3) is 0 Å². The first-order valence-electron chi connectivity index (χ1n) is 7.00. The van der Waals surface area contributed by atoms with Gasteiger partial charge in [-0.25, -0.2) is 0 Å². The molecule has 2 aromatic rings. The molecule has 6 heteroatoms. The van der Waals surface area contributed by atoms with Crippen molar-refractivity contribution >= 4 is 26.2 Å². The van der Waals surface area contributed by atoms with Crippen LogP contribution in [0, 0.1) is 0 Å². The summed E-state index contributed by atoms with van der Waals surface area (Å²) in [6.45, 7) is 2.90. The lowest BCUT2D eigenvalue weighted by molar-refractivity contribution is 0.415. The highest BCUT2D eigenvalue weighted by molar-refractivity contribution is 7.45. The van der Waals surface area contributed by atoms with Gasteiger partial charge in [0.15, 0.2) is 0 Å². The van der Waals surface area contributed by atoms with Crippen LogP contribution in [0.4, 0.5) is 8.22 Å². The van der Waals surface area contributed by atoms with E-state index in [2.05, 4.69) is 0 Å². The van der Waals surface area contributed by atoms with Gasteiger partial charge >= 0.3 is 15.9 Å². The van der Waals surface area contributed by atoms with Gasteiger partial charge in [-0.05, 0) is 47.7 Å². The Hall–Kier alpha value is -1.67. The van der Waals surface area contributed by atoms with Crippen molar-refractivity contribution in [3.8, 4) is 11.5 Å². The van der Waals surface area contributed by atoms with E-state index in [1.807, 2.05) is 0 Å². The number of rotatable bonds is 5. The van der Waals surface area contributed by atoms with E-state index in [1.54, 1.807) is 62.8 Å². The molecule has 0 heterocycles. The second kappa shape index (κ2) is 6.22. The number of halogens is 2. The highest BCUT2D eigenvalue weighted by Crippen LogP contribution is 2.24. The summed E-state index contributed by atoms with van der Waals surface area (Å²) in [6, 6.07) is 13.3. The van der Waals surface area contributed by atoms with Crippen LogP contribution in [0.1, 0.15) is 0 Å². The van der Waals surface area contributed by atoms with Crippen molar-refractivity contribution in [1.82, 2.24) is 0 Å². The summed E-state index contributed by atoms with van der Waals surface area (Å²) >= 11 is 0. The largest absolute Gasteiger partial charge is 0.497 e. The Morgan fingerprint density at radius 3 is 1.14 bits per heavy atom. The first kappa shape index (κ1) is 16.7. The maximum absolute atomic E-state index is 15.5. The SMILES string of the molecule is COc1ccc([Si@](C)(F)[Si@](C)(F)c2ccc(OC)cc2)cc1. The maximum Gasteiger partial charge on any atom is 0.302 e. The van der Waals surface area contributed by atoms with Crippen LogP contribution < -0.4 is 19.8 Å². The molecule has 0 aromatic heterocycles. The number of ether oxygens (including phenoxy) is 2. The summed E-state index contributed by atoms with van der Waals surface area (Å²) in [4.78, 5) is 0. The molecule has 0 spiro atoms. The van der Waals surface area contributed by atoms with Crippen molar-refractivity contribution in [3.05, 3.63) is 48.5 Å². The topological polar surface area (TPSA) is 18.5 Å². The Kier molecular flexibility index (Phi) is 4.72. The van der Waals surface area contributed by atoms with Crippen LogP contribution in [-0.4, -0.2) is 30.1 Å². The van der Waals surface area contributed by atoms with Crippen LogP contribution >= 0.6 is 0 Å². The van der Waals surface area contributed by atoms with Gasteiger partial charge in [-0.2, -0.15) is 0 Å². The predicted octanol–water partition coefficient (Wildman–Crippen LogP) is 2.99. The minimum absolute atomic E-state index is 0.459. The Morgan fingerprint density at radius 2 is 0.909 bits per heavy atom. The van der Waals surface area contributed by atoms with E-state index in [0.717, 1.165) is 0 Å². The lowest BCUT2D eigenvalue weighted by Gasteiger charge is -2.30. The third-order valence-electron chi connectivity index (χ3n) is 4.15. The molecular formula is C16H20F2O2Si2. The summed E-state index contributed by atoms with van der Waals surface area (Å²) in [5, 5.41) is 0.918. The van der Waals surface area contributed by atoms with Gasteiger partial charge in [0.2, 0.25) is 0 Å². The fourth-order valence-corrected chi connectivity index (χ4v) is 9.27. The molecule has 0 radical (unpaired) electrons. The van der Waals surface area contributed by atoms with E-state index in [-0.39, 0.29) is 0 Å². The van der Waals surface area contributed by atoms with Crippen LogP contribution in [0.2, 0.25) is 13.1 Å². The molecule has 118 valence electrons. The Bertz CT molecular complexity index is 568. The Balaban J connectivity index is 2.39. The van der Waals surface area contributed by atoms with E-state index in [1.165, 1.54) is 13.1 Å². The van der Waals surface area contributed by atoms with Crippen LogP contribution in [0.15, 0.2) is 48.5 Å². The molecule has 0 fully saturated rings. The first-order valence-corrected chi connectivity index (χ1v) is 12.8. The van der Waals surface area contributed by atoms with Gasteiger partial charge in [0, 0.05) is 0 Å². The zero-order valence-electron chi connectivity index (χ0n) is 13.2. The lowest BCUT2D eigenvalue weighted by atomic mass is 10.3. The summed E-state index contributed by atoms with van der Waals surface area (Å²) in [5.41, 5.74) is 0. The van der Waals surface area contributed by atoms with E-state index in [9.17, 15) is 0 Å². The summed E-state index contributed by atoms with van der Waals surface area (Å²) in [5.74, 6) is 1.28. The molecule has 0 aliphatic carbocycles. The third kappa shape index (κ3) is 2.93. The normalized spacial score (nSPS) is 16.5. The smallest absolute Gasteiger partial charge is 0.302 e. The fourth-order valence-electron chi connectivity index (χ4n) is 2.35. The van der Waals surface area contributed by atoms with E-state index >= 15 is 8.22 Å². The highest BCUT2D eigenvalue weighted by atomic mass is 29.3. The minimum atomic E-state index is -3.74. The molecule has 2 rings (SSSR count). The highest BCUT2D eigenvalue weighted by Gasteiger charge is 2.55. The molecule has 0 saturated carbocycles. The number of benzene rings is 2. The lowest BCUT2D eigenvalue weighted by Crippen LogP contribution is -2.67. The molecular weight excluding hydrogens is 318 g/mol. The average molecular weight is 339 g/mol. The fraction of sp³-hybridized carbons (Fsp3) is 0.250. The number of methoxy groups -OCH3 is 2. The maximum atomic E-state index is 15.5. The van der Waals surface area contributed by atoms with E-state index in [4.69, 9.17) is 9.47 Å². The summed E-state index contributed by atoms with van der Waals surface area (Å²) in [7, 11) is -4.37. The second-order valence-corrected chi connectivity index (χ2v) is 16.3. The molecule has 0 unspecified atom stereocenters. The van der Waals surface area contributed by atoms with Gasteiger partial charge in [0.05, 0.1) is 14.2 Å². The number of hydrogen-bond donors (Lipinski definition) is 0. The van der Waals surface area contributed by atoms with Crippen LogP contribution in [0.25, 0.3) is 0 Å². The second-order valence-electron chi connectivity index (χ2n) is 5.46. The Labute approximate surface area is 131 Å². The van der Waals surface area contributed by atoms with Gasteiger partial charge in [-0.1, -0.05) is 24.3 Å². The molecule has 0 bridgehead atoms. The molecule has 2 nitrogen and oxygen atoms in total. The molecule has 22 heavy (non-hydrogen) atoms. The zero-order chi connectivity index (χ0) is 16.4. The Morgan fingerprint density at radius 1 is 0.636 bits per heavy atom. The van der Waals surface area contributed by atoms with Gasteiger partial charge in [0.1, 0.15) is 11.5 Å². The van der Waals surface area contributed by atoms with Crippen molar-refractivity contribution < 1.29 is 17.7 Å². The van der Waals surface area contributed by atoms with Crippen molar-refractivity contribution in [2.75, 3.05) is 14.2 Å². The monoisotopic (exact) mass is 338 g/mol. The molecule has 0 N–H and O–H groups in total. The van der Waals surface area contributed by atoms with E-state index < -0.39 is 15.9 Å². The van der Waals surface area contributed by atoms with Gasteiger partial charge in [-0.15, -0.1) is 0 Å². The summed E-state index contributed by atoms with van der Waals surface area (Å²) in [6.07, 6.45) is 0. The molecule has 2 aromatic carbocycles. The molecule has 0 amide bonds. The van der Waals surface area contributed by atoms with E-state index in [0.29, 0.717) is 21.9 Å². The van der Waals surface area contributed by atoms with Crippen molar-refractivity contribution in [1.29, 1.82) is 0 Å². The van der Waals surface area contributed by atoms with Crippen LogP contribution in [-0.2, 0) is 0 Å². The van der Waals surface area contributed by atoms with Gasteiger partial charge in [-0.3, -0.25) is 0 Å². The zero-order valence-corrected chi connectivity index (χ0v) is 15.2. The van der Waals surface area contributed by atoms with Crippen molar-refractivity contribution in [3.63, 3.8) is 0 Å². The molecule has 2 atom stereocenters. The van der Waals surface area contributed by atoms with Crippen molar-refractivity contribution in [2.45, 2.75) is 13.1 Å². The predicted molar refractivity (Wildman–Crippen MR) is 90.7 cm³/mol. The molecule has 0 aliphatic heterocycles. The minimum Gasteiger partial charge on any atom is -0.497 e. The van der Waals surface area contributed by atoms with Crippen LogP contribution in [0.5, 0.6) is 11.5 Å². The first-order chi connectivity index (χ1) is 10.3. The standard InChI is InChI=1S/C16H20F2O2Si2/c1-19-13-5-9-15(10-6-13)21(3,17)22(4,18)16-11-7-14(20-2)8-12-16/h5-12H,1-4H3/t21-,22+. The van der Waals surface area contributed by atoms with Gasteiger partial charge < -0.3 is 17.7 Å². The molecule has 0 saturated heterocycles. The van der Waals surface area contributed by atoms with Crippen LogP contribution in [0.3, 0.4) is 0 Å². The molecule has 0 aliphatic rings. The van der Waals surface area contributed by atoms with Crippen molar-refractivity contribution in [2.24, 2.45) is 0 Å². The third-order valence-corrected chi connectivity index (χ3v) is 15.8. The average Bonchev–Trinajstić information content (AvgIpc) is 2.54. The number of hydrogen-bond acceptors (Lipinski definition) is 2.